The fraction of sp³-hybridized carbons (Fsp3) is 0.182. The third kappa shape index (κ3) is 2.91. The topological polar surface area (TPSA) is 65.2 Å². The van der Waals surface area contributed by atoms with Crippen molar-refractivity contribution in [2.75, 3.05) is 7.11 Å². The van der Waals surface area contributed by atoms with Gasteiger partial charge in [-0.15, -0.1) is 0 Å². The van der Waals surface area contributed by atoms with Gasteiger partial charge in [-0.1, -0.05) is 0 Å². The van der Waals surface area contributed by atoms with Gasteiger partial charge in [-0.3, -0.25) is 4.79 Å². The van der Waals surface area contributed by atoms with Crippen molar-refractivity contribution in [2.45, 2.75) is 6.42 Å². The summed E-state index contributed by atoms with van der Waals surface area (Å²) in [5.41, 5.74) is 0.592. The van der Waals surface area contributed by atoms with Crippen molar-refractivity contribution in [3.63, 3.8) is 0 Å². The number of halogens is 1. The summed E-state index contributed by atoms with van der Waals surface area (Å²) in [5.74, 6) is 0.592. The molecule has 0 spiro atoms. The molecule has 0 radical (unpaired) electrons. The van der Waals surface area contributed by atoms with Crippen molar-refractivity contribution < 1.29 is 13.9 Å². The van der Waals surface area contributed by atoms with Gasteiger partial charge >= 0.3 is 0 Å². The van der Waals surface area contributed by atoms with Crippen molar-refractivity contribution >= 4 is 21.7 Å². The Kier molecular flexibility index (Phi) is 3.53. The minimum Gasteiger partial charge on any atom is -0.481 e. The number of carbonyl (C=O) groups excluding carboxylic acids is 1. The predicted octanol–water partition coefficient (Wildman–Crippen LogP) is 2.27. The highest BCUT2D eigenvalue weighted by molar-refractivity contribution is 9.10. The van der Waals surface area contributed by atoms with Crippen LogP contribution < -0.4 is 4.74 Å². The number of ether oxygens (including phenoxy) is 1. The Bertz CT molecular complexity index is 539. The lowest BCUT2D eigenvalue weighted by Crippen LogP contribution is -2.04. The van der Waals surface area contributed by atoms with Crippen molar-refractivity contribution in [1.29, 1.82) is 0 Å². The average molecular weight is 297 g/mol. The molecule has 0 aliphatic heterocycles. The van der Waals surface area contributed by atoms with Gasteiger partial charge in [0.1, 0.15) is 6.33 Å². The van der Waals surface area contributed by atoms with E-state index in [1.54, 1.807) is 18.2 Å². The van der Waals surface area contributed by atoms with Gasteiger partial charge in [0.15, 0.2) is 10.4 Å². The van der Waals surface area contributed by atoms with Crippen LogP contribution in [-0.4, -0.2) is 22.9 Å². The number of methoxy groups -OCH3 is 1. The van der Waals surface area contributed by atoms with E-state index in [0.717, 1.165) is 0 Å². The molecule has 0 N–H and O–H groups in total. The molecule has 2 aromatic rings. The minimum atomic E-state index is -0.142. The SMILES string of the molecule is COc1cc(CC(=O)c2ccc(Br)o2)ncn1. The zero-order valence-electron chi connectivity index (χ0n) is 9.01. The molecule has 0 amide bonds. The van der Waals surface area contributed by atoms with E-state index in [0.29, 0.717) is 22.0 Å². The van der Waals surface area contributed by atoms with E-state index in [1.165, 1.54) is 13.4 Å². The molecule has 88 valence electrons. The maximum absolute atomic E-state index is 11.8. The van der Waals surface area contributed by atoms with Crippen LogP contribution in [0.1, 0.15) is 16.2 Å². The zero-order valence-corrected chi connectivity index (χ0v) is 10.6. The molecule has 0 saturated heterocycles. The summed E-state index contributed by atoms with van der Waals surface area (Å²) in [5, 5.41) is 0. The molecule has 0 aliphatic carbocycles. The molecule has 2 heterocycles. The standard InChI is InChI=1S/C11H9BrN2O3/c1-16-11-5-7(13-6-14-11)4-8(15)9-2-3-10(12)17-9/h2-3,5-6H,4H2,1H3. The summed E-state index contributed by atoms with van der Waals surface area (Å²) in [6.07, 6.45) is 1.51. The number of carbonyl (C=O) groups is 1. The highest BCUT2D eigenvalue weighted by atomic mass is 79.9. The number of aromatic nitrogens is 2. The highest BCUT2D eigenvalue weighted by Crippen LogP contribution is 2.16. The Balaban J connectivity index is 2.12. The molecule has 5 nitrogen and oxygen atoms in total. The molecule has 0 fully saturated rings. The lowest BCUT2D eigenvalue weighted by atomic mass is 10.2. The van der Waals surface area contributed by atoms with Gasteiger partial charge in [-0.25, -0.2) is 9.97 Å². The van der Waals surface area contributed by atoms with Crippen molar-refractivity contribution in [1.82, 2.24) is 9.97 Å². The van der Waals surface area contributed by atoms with Crippen LogP contribution in [0.15, 0.2) is 33.6 Å². The molecule has 0 atom stereocenters. The van der Waals surface area contributed by atoms with E-state index in [2.05, 4.69) is 25.9 Å². The minimum absolute atomic E-state index is 0.142. The van der Waals surface area contributed by atoms with Crippen molar-refractivity contribution in [2.24, 2.45) is 0 Å². The number of hydrogen-bond acceptors (Lipinski definition) is 5. The molecule has 2 aromatic heterocycles. The van der Waals surface area contributed by atoms with Gasteiger partial charge in [0, 0.05) is 6.07 Å². The number of nitrogens with zero attached hydrogens (tertiary/aromatic N) is 2. The number of hydrogen-bond donors (Lipinski definition) is 0. The van der Waals surface area contributed by atoms with E-state index in [4.69, 9.17) is 9.15 Å². The lowest BCUT2D eigenvalue weighted by molar-refractivity contribution is 0.0964. The predicted molar refractivity (Wildman–Crippen MR) is 63.0 cm³/mol. The van der Waals surface area contributed by atoms with Crippen LogP contribution in [0.5, 0.6) is 5.88 Å². The van der Waals surface area contributed by atoms with Crippen LogP contribution in [0.3, 0.4) is 0 Å². The molecular weight excluding hydrogens is 288 g/mol. The van der Waals surface area contributed by atoms with E-state index in [9.17, 15) is 4.79 Å². The quantitative estimate of drug-likeness (QED) is 0.810. The van der Waals surface area contributed by atoms with Crippen LogP contribution >= 0.6 is 15.9 Å². The van der Waals surface area contributed by atoms with E-state index >= 15 is 0 Å². The second-order valence-corrected chi connectivity index (χ2v) is 4.04. The van der Waals surface area contributed by atoms with Crippen molar-refractivity contribution in [3.8, 4) is 5.88 Å². The van der Waals surface area contributed by atoms with Crippen LogP contribution in [0.25, 0.3) is 0 Å². The molecule has 0 saturated carbocycles. The van der Waals surface area contributed by atoms with Crippen LogP contribution in [0.4, 0.5) is 0 Å². The summed E-state index contributed by atoms with van der Waals surface area (Å²) in [6, 6.07) is 4.91. The molecule has 17 heavy (non-hydrogen) atoms. The number of rotatable bonds is 4. The van der Waals surface area contributed by atoms with E-state index in [1.807, 2.05) is 0 Å². The fourth-order valence-electron chi connectivity index (χ4n) is 1.30. The molecular formula is C11H9BrN2O3. The molecule has 2 rings (SSSR count). The number of furan rings is 1. The second kappa shape index (κ2) is 5.09. The maximum Gasteiger partial charge on any atom is 0.216 e. The van der Waals surface area contributed by atoms with E-state index in [-0.39, 0.29) is 12.2 Å². The van der Waals surface area contributed by atoms with Gasteiger partial charge in [0.2, 0.25) is 11.7 Å². The summed E-state index contributed by atoms with van der Waals surface area (Å²) >= 11 is 3.14. The smallest absolute Gasteiger partial charge is 0.216 e. The van der Waals surface area contributed by atoms with Gasteiger partial charge in [-0.2, -0.15) is 0 Å². The summed E-state index contributed by atoms with van der Waals surface area (Å²) < 4.78 is 10.6. The summed E-state index contributed by atoms with van der Waals surface area (Å²) in [7, 11) is 1.51. The van der Waals surface area contributed by atoms with E-state index < -0.39 is 0 Å². The fourth-order valence-corrected chi connectivity index (χ4v) is 1.61. The third-order valence-electron chi connectivity index (χ3n) is 2.10. The van der Waals surface area contributed by atoms with Crippen molar-refractivity contribution in [3.05, 3.63) is 40.7 Å². The third-order valence-corrected chi connectivity index (χ3v) is 2.52. The Labute approximate surface area is 106 Å². The molecule has 0 aromatic carbocycles. The summed E-state index contributed by atoms with van der Waals surface area (Å²) in [4.78, 5) is 19.7. The maximum atomic E-state index is 11.8. The first kappa shape index (κ1) is 11.8. The van der Waals surface area contributed by atoms with Crippen LogP contribution in [0, 0.1) is 0 Å². The average Bonchev–Trinajstić information content (AvgIpc) is 2.76. The normalized spacial score (nSPS) is 10.2. The van der Waals surface area contributed by atoms with Gasteiger partial charge in [0.05, 0.1) is 19.2 Å². The Morgan fingerprint density at radius 3 is 2.94 bits per heavy atom. The molecule has 6 heteroatoms. The first-order valence-corrected chi connectivity index (χ1v) is 5.62. The Morgan fingerprint density at radius 2 is 2.29 bits per heavy atom. The van der Waals surface area contributed by atoms with Crippen LogP contribution in [0.2, 0.25) is 0 Å². The zero-order chi connectivity index (χ0) is 12.3. The molecule has 0 aliphatic rings. The Hall–Kier alpha value is -1.69. The first-order chi connectivity index (χ1) is 8.19. The number of ketones is 1. The monoisotopic (exact) mass is 296 g/mol. The largest absolute Gasteiger partial charge is 0.481 e. The number of Topliss-reactive ketones (excluding diaryl/α,β-unsaturated/α-hetero) is 1. The lowest BCUT2D eigenvalue weighted by Gasteiger charge is -2.00. The highest BCUT2D eigenvalue weighted by Gasteiger charge is 2.12. The van der Waals surface area contributed by atoms with Gasteiger partial charge in [-0.05, 0) is 28.1 Å². The first-order valence-electron chi connectivity index (χ1n) is 4.82. The second-order valence-electron chi connectivity index (χ2n) is 3.26. The molecule has 0 unspecified atom stereocenters. The summed E-state index contributed by atoms with van der Waals surface area (Å²) in [6.45, 7) is 0. The van der Waals surface area contributed by atoms with Crippen LogP contribution in [-0.2, 0) is 6.42 Å². The van der Waals surface area contributed by atoms with Gasteiger partial charge < -0.3 is 9.15 Å². The Morgan fingerprint density at radius 1 is 1.47 bits per heavy atom. The van der Waals surface area contributed by atoms with Gasteiger partial charge in [0.25, 0.3) is 0 Å². The molecule has 0 bridgehead atoms.